The van der Waals surface area contributed by atoms with Crippen LogP contribution in [0.15, 0.2) is 48.2 Å². The van der Waals surface area contributed by atoms with Crippen LogP contribution in [0.4, 0.5) is 0 Å². The summed E-state index contributed by atoms with van der Waals surface area (Å²) in [7, 11) is 3.44. The molecule has 1 aliphatic heterocycles. The van der Waals surface area contributed by atoms with E-state index in [1.807, 2.05) is 36.4 Å². The number of benzene rings is 2. The lowest BCUT2D eigenvalue weighted by atomic mass is 10.1. The minimum Gasteiger partial charge on any atom is -0.487 e. The van der Waals surface area contributed by atoms with E-state index in [9.17, 15) is 4.79 Å². The third-order valence-electron chi connectivity index (χ3n) is 4.03. The SMILES string of the molecule is CN1C(=O)/C(=C/c2ccc(OCc3ccc(I)cc3)c(Cl)c2)N(C)C1=S. The molecule has 134 valence electrons. The Morgan fingerprint density at radius 2 is 1.85 bits per heavy atom. The summed E-state index contributed by atoms with van der Waals surface area (Å²) in [6.07, 6.45) is 1.77. The summed E-state index contributed by atoms with van der Waals surface area (Å²) in [5.41, 5.74) is 2.40. The third-order valence-corrected chi connectivity index (χ3v) is 5.59. The maximum Gasteiger partial charge on any atom is 0.276 e. The maximum absolute atomic E-state index is 12.2. The van der Waals surface area contributed by atoms with Crippen LogP contribution in [-0.4, -0.2) is 34.9 Å². The first kappa shape index (κ1) is 19.1. The second-order valence-electron chi connectivity index (χ2n) is 5.84. The highest BCUT2D eigenvalue weighted by Crippen LogP contribution is 2.28. The van der Waals surface area contributed by atoms with Crippen LogP contribution >= 0.6 is 46.4 Å². The van der Waals surface area contributed by atoms with Crippen molar-refractivity contribution in [1.29, 1.82) is 0 Å². The molecule has 0 atom stereocenters. The molecule has 0 aliphatic carbocycles. The van der Waals surface area contributed by atoms with E-state index in [1.165, 1.54) is 8.47 Å². The van der Waals surface area contributed by atoms with Crippen molar-refractivity contribution in [1.82, 2.24) is 9.80 Å². The van der Waals surface area contributed by atoms with Gasteiger partial charge in [0.1, 0.15) is 18.1 Å². The van der Waals surface area contributed by atoms with Gasteiger partial charge in [0.2, 0.25) is 0 Å². The summed E-state index contributed by atoms with van der Waals surface area (Å²) in [4.78, 5) is 15.4. The Hall–Kier alpha value is -1.64. The van der Waals surface area contributed by atoms with E-state index in [0.717, 1.165) is 11.1 Å². The molecule has 3 rings (SSSR count). The second kappa shape index (κ2) is 7.94. The molecule has 0 saturated carbocycles. The van der Waals surface area contributed by atoms with Gasteiger partial charge in [0.25, 0.3) is 5.91 Å². The van der Waals surface area contributed by atoms with Gasteiger partial charge in [-0.25, -0.2) is 0 Å². The zero-order valence-electron chi connectivity index (χ0n) is 14.2. The van der Waals surface area contributed by atoms with Crippen LogP contribution in [0, 0.1) is 3.57 Å². The molecule has 0 unspecified atom stereocenters. The monoisotopic (exact) mass is 498 g/mol. The second-order valence-corrected chi connectivity index (χ2v) is 7.86. The van der Waals surface area contributed by atoms with Gasteiger partial charge >= 0.3 is 0 Å². The van der Waals surface area contributed by atoms with Gasteiger partial charge in [-0.05, 0) is 76.3 Å². The van der Waals surface area contributed by atoms with Crippen molar-refractivity contribution in [3.05, 3.63) is 67.9 Å². The minimum absolute atomic E-state index is 0.132. The van der Waals surface area contributed by atoms with E-state index in [2.05, 4.69) is 22.6 Å². The van der Waals surface area contributed by atoms with Crippen LogP contribution in [0.3, 0.4) is 0 Å². The molecule has 4 nitrogen and oxygen atoms in total. The zero-order valence-corrected chi connectivity index (χ0v) is 17.9. The van der Waals surface area contributed by atoms with E-state index >= 15 is 0 Å². The molecule has 1 amide bonds. The number of carbonyl (C=O) groups is 1. The minimum atomic E-state index is -0.132. The van der Waals surface area contributed by atoms with Gasteiger partial charge in [-0.2, -0.15) is 0 Å². The van der Waals surface area contributed by atoms with E-state index in [0.29, 0.717) is 28.2 Å². The average molecular weight is 499 g/mol. The molecular weight excluding hydrogens is 483 g/mol. The molecular formula is C19H16ClIN2O2S. The highest BCUT2D eigenvalue weighted by atomic mass is 127. The summed E-state index contributed by atoms with van der Waals surface area (Å²) in [5.74, 6) is 0.471. The number of carbonyl (C=O) groups excluding carboxylic acids is 1. The Balaban J connectivity index is 1.75. The molecule has 26 heavy (non-hydrogen) atoms. The number of hydrogen-bond donors (Lipinski definition) is 0. The first-order valence-electron chi connectivity index (χ1n) is 7.81. The van der Waals surface area contributed by atoms with Crippen molar-refractivity contribution < 1.29 is 9.53 Å². The number of likely N-dealkylation sites (N-methyl/N-ethyl adjacent to an activating group) is 2. The fraction of sp³-hybridized carbons (Fsp3) is 0.158. The Labute approximate surface area is 176 Å². The van der Waals surface area contributed by atoms with E-state index < -0.39 is 0 Å². The van der Waals surface area contributed by atoms with Gasteiger partial charge < -0.3 is 9.64 Å². The molecule has 1 heterocycles. The highest BCUT2D eigenvalue weighted by molar-refractivity contribution is 14.1. The van der Waals surface area contributed by atoms with Crippen molar-refractivity contribution in [3.8, 4) is 5.75 Å². The van der Waals surface area contributed by atoms with E-state index in [1.54, 1.807) is 31.1 Å². The zero-order chi connectivity index (χ0) is 18.8. The number of thiocarbonyl (C=S) groups is 1. The predicted octanol–water partition coefficient (Wildman–Crippen LogP) is 4.55. The van der Waals surface area contributed by atoms with Crippen LogP contribution in [0.2, 0.25) is 5.02 Å². The maximum atomic E-state index is 12.2. The van der Waals surface area contributed by atoms with Crippen molar-refractivity contribution in [2.75, 3.05) is 14.1 Å². The lowest BCUT2D eigenvalue weighted by Crippen LogP contribution is -2.26. The Morgan fingerprint density at radius 3 is 2.42 bits per heavy atom. The summed E-state index contributed by atoms with van der Waals surface area (Å²) in [6.45, 7) is 0.442. The van der Waals surface area contributed by atoms with Gasteiger partial charge in [-0.15, -0.1) is 0 Å². The van der Waals surface area contributed by atoms with Crippen LogP contribution in [-0.2, 0) is 11.4 Å². The Bertz CT molecular complexity index is 899. The van der Waals surface area contributed by atoms with Gasteiger partial charge in [-0.1, -0.05) is 29.8 Å². The largest absolute Gasteiger partial charge is 0.487 e. The average Bonchev–Trinajstić information content (AvgIpc) is 2.80. The van der Waals surface area contributed by atoms with Crippen molar-refractivity contribution in [3.63, 3.8) is 0 Å². The van der Waals surface area contributed by atoms with Gasteiger partial charge in [0.05, 0.1) is 5.02 Å². The van der Waals surface area contributed by atoms with E-state index in [-0.39, 0.29) is 5.91 Å². The molecule has 0 N–H and O–H groups in total. The summed E-state index contributed by atoms with van der Waals surface area (Å²) >= 11 is 13.8. The third kappa shape index (κ3) is 4.02. The predicted molar refractivity (Wildman–Crippen MR) is 116 cm³/mol. The summed E-state index contributed by atoms with van der Waals surface area (Å²) in [5, 5.41) is 0.971. The van der Waals surface area contributed by atoms with Crippen LogP contribution in [0.1, 0.15) is 11.1 Å². The molecule has 1 saturated heterocycles. The standard InChI is InChI=1S/C19H16ClIN2O2S/c1-22-16(18(24)23(2)19(22)26)10-13-5-8-17(15(20)9-13)25-11-12-3-6-14(21)7-4-12/h3-10H,11H2,1-2H3/b16-10-. The topological polar surface area (TPSA) is 32.8 Å². The Kier molecular flexibility index (Phi) is 5.84. The fourth-order valence-electron chi connectivity index (χ4n) is 2.51. The van der Waals surface area contributed by atoms with Crippen LogP contribution in [0.5, 0.6) is 5.75 Å². The van der Waals surface area contributed by atoms with Crippen LogP contribution < -0.4 is 4.74 Å². The molecule has 0 spiro atoms. The van der Waals surface area contributed by atoms with Crippen molar-refractivity contribution in [2.24, 2.45) is 0 Å². The molecule has 2 aromatic rings. The number of nitrogens with zero attached hydrogens (tertiary/aromatic N) is 2. The number of rotatable bonds is 4. The number of ether oxygens (including phenoxy) is 1. The molecule has 1 aliphatic rings. The molecule has 7 heteroatoms. The van der Waals surface area contributed by atoms with E-state index in [4.69, 9.17) is 28.6 Å². The highest BCUT2D eigenvalue weighted by Gasteiger charge is 2.32. The first-order valence-corrected chi connectivity index (χ1v) is 9.67. The number of amides is 1. The van der Waals surface area contributed by atoms with Crippen molar-refractivity contribution in [2.45, 2.75) is 6.61 Å². The van der Waals surface area contributed by atoms with Gasteiger partial charge in [0.15, 0.2) is 5.11 Å². The summed E-state index contributed by atoms with van der Waals surface area (Å²) < 4.78 is 6.98. The molecule has 1 fully saturated rings. The van der Waals surface area contributed by atoms with Crippen molar-refractivity contribution >= 4 is 63.5 Å². The quantitative estimate of drug-likeness (QED) is 0.352. The molecule has 0 aromatic heterocycles. The molecule has 0 bridgehead atoms. The molecule has 2 aromatic carbocycles. The fourth-order valence-corrected chi connectivity index (χ4v) is 3.30. The summed E-state index contributed by atoms with van der Waals surface area (Å²) in [6, 6.07) is 13.6. The van der Waals surface area contributed by atoms with Crippen LogP contribution in [0.25, 0.3) is 6.08 Å². The lowest BCUT2D eigenvalue weighted by Gasteiger charge is -2.11. The van der Waals surface area contributed by atoms with Gasteiger partial charge in [-0.3, -0.25) is 9.69 Å². The number of halogens is 2. The smallest absolute Gasteiger partial charge is 0.276 e. The Morgan fingerprint density at radius 1 is 1.15 bits per heavy atom. The number of hydrogen-bond acceptors (Lipinski definition) is 3. The normalized spacial score (nSPS) is 15.9. The first-order chi connectivity index (χ1) is 12.4. The lowest BCUT2D eigenvalue weighted by molar-refractivity contribution is -0.121. The van der Waals surface area contributed by atoms with Gasteiger partial charge in [0, 0.05) is 17.7 Å². The molecule has 0 radical (unpaired) electrons.